The van der Waals surface area contributed by atoms with Crippen LogP contribution in [-0.4, -0.2) is 38.6 Å². The van der Waals surface area contributed by atoms with Gasteiger partial charge in [0.2, 0.25) is 16.8 Å². The highest BCUT2D eigenvalue weighted by Crippen LogP contribution is 2.35. The van der Waals surface area contributed by atoms with Crippen molar-refractivity contribution in [2.75, 3.05) is 19.9 Å². The molecule has 1 saturated heterocycles. The first-order chi connectivity index (χ1) is 13.0. The van der Waals surface area contributed by atoms with E-state index >= 15 is 0 Å². The summed E-state index contributed by atoms with van der Waals surface area (Å²) < 4.78 is 42.6. The third-order valence-electron chi connectivity index (χ3n) is 4.60. The van der Waals surface area contributed by atoms with Crippen molar-refractivity contribution in [3.63, 3.8) is 0 Å². The molecular formula is C19H19NO6S. The van der Waals surface area contributed by atoms with Crippen molar-refractivity contribution in [1.82, 2.24) is 4.31 Å². The largest absolute Gasteiger partial charge is 0.454 e. The molecule has 2 heterocycles. The summed E-state index contributed by atoms with van der Waals surface area (Å²) in [5.41, 5.74) is 0.269. The zero-order chi connectivity index (χ0) is 18.9. The summed E-state index contributed by atoms with van der Waals surface area (Å²) in [7, 11) is -3.52. The Bertz CT molecular complexity index is 949. The first kappa shape index (κ1) is 17.8. The van der Waals surface area contributed by atoms with E-state index in [1.54, 1.807) is 18.2 Å². The van der Waals surface area contributed by atoms with Crippen molar-refractivity contribution in [1.29, 1.82) is 0 Å². The number of esters is 1. The van der Waals surface area contributed by atoms with E-state index < -0.39 is 16.0 Å². The van der Waals surface area contributed by atoms with Gasteiger partial charge < -0.3 is 14.2 Å². The number of sulfonamides is 1. The zero-order valence-electron chi connectivity index (χ0n) is 14.6. The van der Waals surface area contributed by atoms with Crippen LogP contribution in [0.3, 0.4) is 0 Å². The predicted octanol–water partition coefficient (Wildman–Crippen LogP) is 2.81. The predicted molar refractivity (Wildman–Crippen MR) is 96.6 cm³/mol. The van der Waals surface area contributed by atoms with Gasteiger partial charge in [0.15, 0.2) is 11.5 Å². The van der Waals surface area contributed by atoms with E-state index in [2.05, 4.69) is 0 Å². The topological polar surface area (TPSA) is 82.1 Å². The van der Waals surface area contributed by atoms with Crippen molar-refractivity contribution >= 4 is 16.0 Å². The lowest BCUT2D eigenvalue weighted by Gasteiger charge is -2.25. The van der Waals surface area contributed by atoms with E-state index in [0.717, 1.165) is 19.3 Å². The maximum Gasteiger partial charge on any atom is 0.343 e. The molecule has 0 unspecified atom stereocenters. The minimum absolute atomic E-state index is 0.139. The van der Waals surface area contributed by atoms with Crippen molar-refractivity contribution in [3.8, 4) is 17.2 Å². The lowest BCUT2D eigenvalue weighted by Crippen LogP contribution is -2.35. The Hall–Kier alpha value is -2.58. The molecule has 0 saturated carbocycles. The van der Waals surface area contributed by atoms with Crippen LogP contribution in [0.4, 0.5) is 0 Å². The smallest absolute Gasteiger partial charge is 0.343 e. The van der Waals surface area contributed by atoms with Gasteiger partial charge in [0.1, 0.15) is 5.75 Å². The van der Waals surface area contributed by atoms with E-state index in [4.69, 9.17) is 14.2 Å². The van der Waals surface area contributed by atoms with Gasteiger partial charge in [0.05, 0.1) is 10.5 Å². The van der Waals surface area contributed by atoms with Gasteiger partial charge in [-0.25, -0.2) is 13.2 Å². The Kier molecular flexibility index (Phi) is 4.75. The Balaban J connectivity index is 1.47. The van der Waals surface area contributed by atoms with Crippen LogP contribution in [0.2, 0.25) is 0 Å². The number of carbonyl (C=O) groups is 1. The third-order valence-corrected chi connectivity index (χ3v) is 6.51. The van der Waals surface area contributed by atoms with Crippen molar-refractivity contribution in [2.45, 2.75) is 24.2 Å². The first-order valence-electron chi connectivity index (χ1n) is 8.76. The number of piperidine rings is 1. The summed E-state index contributed by atoms with van der Waals surface area (Å²) in [6.07, 6.45) is 2.80. The molecular weight excluding hydrogens is 370 g/mol. The van der Waals surface area contributed by atoms with Gasteiger partial charge in [-0.3, -0.25) is 0 Å². The minimum atomic E-state index is -3.52. The maximum absolute atomic E-state index is 12.7. The molecule has 7 nitrogen and oxygen atoms in total. The van der Waals surface area contributed by atoms with Crippen molar-refractivity contribution in [2.24, 2.45) is 0 Å². The molecule has 0 aliphatic carbocycles. The van der Waals surface area contributed by atoms with Crippen molar-refractivity contribution < 1.29 is 27.4 Å². The van der Waals surface area contributed by atoms with Crippen LogP contribution in [-0.2, 0) is 10.0 Å². The van der Waals surface area contributed by atoms with Gasteiger partial charge in [-0.1, -0.05) is 6.42 Å². The van der Waals surface area contributed by atoms with E-state index in [1.165, 1.54) is 28.6 Å². The molecule has 142 valence electrons. The Morgan fingerprint density at radius 3 is 2.37 bits per heavy atom. The molecule has 8 heteroatoms. The standard InChI is InChI=1S/C19H19NO6S/c21-19(26-15-6-9-17-18(12-15)25-13-24-17)14-4-7-16(8-5-14)27(22,23)20-10-2-1-3-11-20/h4-9,12H,1-3,10-11,13H2. The van der Waals surface area contributed by atoms with Crippen LogP contribution in [0.15, 0.2) is 47.4 Å². The highest BCUT2D eigenvalue weighted by Gasteiger charge is 2.26. The van der Waals surface area contributed by atoms with Gasteiger partial charge in [0, 0.05) is 19.2 Å². The van der Waals surface area contributed by atoms with Gasteiger partial charge in [0.25, 0.3) is 0 Å². The van der Waals surface area contributed by atoms with Crippen molar-refractivity contribution in [3.05, 3.63) is 48.0 Å². The summed E-state index contributed by atoms with van der Waals surface area (Å²) in [4.78, 5) is 12.5. The van der Waals surface area contributed by atoms with Gasteiger partial charge in [-0.15, -0.1) is 0 Å². The molecule has 27 heavy (non-hydrogen) atoms. The Morgan fingerprint density at radius 2 is 1.63 bits per heavy atom. The van der Waals surface area contributed by atoms with E-state index in [1.807, 2.05) is 0 Å². The summed E-state index contributed by atoms with van der Waals surface area (Å²) in [5.74, 6) is 0.871. The molecule has 0 spiro atoms. The summed E-state index contributed by atoms with van der Waals surface area (Å²) in [6, 6.07) is 10.7. The van der Waals surface area contributed by atoms with E-state index in [-0.39, 0.29) is 17.3 Å². The molecule has 1 fully saturated rings. The number of benzene rings is 2. The molecule has 4 rings (SSSR count). The number of hydrogen-bond acceptors (Lipinski definition) is 6. The van der Waals surface area contributed by atoms with Crippen LogP contribution in [0, 0.1) is 0 Å². The van der Waals surface area contributed by atoms with Crippen LogP contribution in [0.25, 0.3) is 0 Å². The normalized spacial score (nSPS) is 16.9. The number of hydrogen-bond donors (Lipinski definition) is 0. The lowest BCUT2D eigenvalue weighted by atomic mass is 10.2. The quantitative estimate of drug-likeness (QED) is 0.591. The summed E-state index contributed by atoms with van der Waals surface area (Å²) in [5, 5.41) is 0. The number of fused-ring (bicyclic) bond motifs is 1. The van der Waals surface area contributed by atoms with Crippen LogP contribution >= 0.6 is 0 Å². The highest BCUT2D eigenvalue weighted by atomic mass is 32.2. The number of nitrogens with zero attached hydrogens (tertiary/aromatic N) is 1. The first-order valence-corrected chi connectivity index (χ1v) is 10.2. The second-order valence-electron chi connectivity index (χ2n) is 6.39. The molecule has 0 amide bonds. The lowest BCUT2D eigenvalue weighted by molar-refractivity contribution is 0.0734. The summed E-state index contributed by atoms with van der Waals surface area (Å²) >= 11 is 0. The Labute approximate surface area is 157 Å². The molecule has 0 atom stereocenters. The molecule has 2 aliphatic heterocycles. The number of rotatable bonds is 4. The van der Waals surface area contributed by atoms with Gasteiger partial charge in [-0.2, -0.15) is 4.31 Å². The highest BCUT2D eigenvalue weighted by molar-refractivity contribution is 7.89. The minimum Gasteiger partial charge on any atom is -0.454 e. The van der Waals surface area contributed by atoms with E-state index in [9.17, 15) is 13.2 Å². The molecule has 2 aromatic rings. The third kappa shape index (κ3) is 3.63. The fourth-order valence-corrected chi connectivity index (χ4v) is 4.64. The van der Waals surface area contributed by atoms with E-state index in [0.29, 0.717) is 30.3 Å². The molecule has 2 aromatic carbocycles. The Morgan fingerprint density at radius 1 is 0.926 bits per heavy atom. The molecule has 0 radical (unpaired) electrons. The molecule has 0 bridgehead atoms. The average Bonchev–Trinajstić information content (AvgIpc) is 3.16. The maximum atomic E-state index is 12.7. The second-order valence-corrected chi connectivity index (χ2v) is 8.33. The fraction of sp³-hybridized carbons (Fsp3) is 0.316. The molecule has 2 aliphatic rings. The average molecular weight is 389 g/mol. The number of ether oxygens (including phenoxy) is 3. The second kappa shape index (κ2) is 7.21. The van der Waals surface area contributed by atoms with Crippen LogP contribution < -0.4 is 14.2 Å². The van der Waals surface area contributed by atoms with Crippen LogP contribution in [0.5, 0.6) is 17.2 Å². The monoisotopic (exact) mass is 389 g/mol. The molecule has 0 aromatic heterocycles. The SMILES string of the molecule is O=C(Oc1ccc2c(c1)OCO2)c1ccc(S(=O)(=O)N2CCCCC2)cc1. The fourth-order valence-electron chi connectivity index (χ4n) is 3.12. The van der Waals surface area contributed by atoms with Gasteiger partial charge >= 0.3 is 5.97 Å². The van der Waals surface area contributed by atoms with Gasteiger partial charge in [-0.05, 0) is 49.2 Å². The van der Waals surface area contributed by atoms with Crippen LogP contribution in [0.1, 0.15) is 29.6 Å². The summed E-state index contributed by atoms with van der Waals surface area (Å²) in [6.45, 7) is 1.21. The zero-order valence-corrected chi connectivity index (χ0v) is 15.4. The molecule has 0 N–H and O–H groups in total. The number of carbonyl (C=O) groups excluding carboxylic acids is 1.